The fourth-order valence-corrected chi connectivity index (χ4v) is 1.68. The van der Waals surface area contributed by atoms with Crippen LogP contribution in [0.5, 0.6) is 0 Å². The van der Waals surface area contributed by atoms with Crippen molar-refractivity contribution < 1.29 is 0 Å². The lowest BCUT2D eigenvalue weighted by Gasteiger charge is -2.06. The molecule has 0 aromatic carbocycles. The zero-order valence-corrected chi connectivity index (χ0v) is 10.6. The highest BCUT2D eigenvalue weighted by molar-refractivity contribution is 9.10. The average molecular weight is 293 g/mol. The maximum Gasteiger partial charge on any atom is 0.218 e. The maximum atomic E-state index is 8.69. The maximum absolute atomic E-state index is 8.69. The van der Waals surface area contributed by atoms with Gasteiger partial charge in [-0.2, -0.15) is 9.94 Å². The SMILES string of the molecule is C[C@@H](N)c1nc(Br)nn1-c1ccc(C#N)cn1. The number of nitrogens with two attached hydrogens (primary N) is 1. The van der Waals surface area contributed by atoms with E-state index in [1.165, 1.54) is 6.20 Å². The highest BCUT2D eigenvalue weighted by Gasteiger charge is 2.14. The van der Waals surface area contributed by atoms with Crippen LogP contribution in [0, 0.1) is 11.3 Å². The van der Waals surface area contributed by atoms with Gasteiger partial charge < -0.3 is 5.73 Å². The van der Waals surface area contributed by atoms with Crippen LogP contribution in [0.4, 0.5) is 0 Å². The van der Waals surface area contributed by atoms with Gasteiger partial charge in [-0.05, 0) is 35.0 Å². The summed E-state index contributed by atoms with van der Waals surface area (Å²) >= 11 is 3.20. The molecule has 6 nitrogen and oxygen atoms in total. The molecular weight excluding hydrogens is 284 g/mol. The summed E-state index contributed by atoms with van der Waals surface area (Å²) in [4.78, 5) is 8.31. The van der Waals surface area contributed by atoms with Crippen LogP contribution in [0.2, 0.25) is 0 Å². The van der Waals surface area contributed by atoms with Crippen molar-refractivity contribution in [2.45, 2.75) is 13.0 Å². The van der Waals surface area contributed by atoms with Crippen molar-refractivity contribution in [1.29, 1.82) is 5.26 Å². The normalized spacial score (nSPS) is 12.1. The first kappa shape index (κ1) is 11.7. The lowest BCUT2D eigenvalue weighted by Crippen LogP contribution is -2.14. The molecule has 0 radical (unpaired) electrons. The summed E-state index contributed by atoms with van der Waals surface area (Å²) in [5, 5.41) is 12.8. The van der Waals surface area contributed by atoms with Gasteiger partial charge in [0.15, 0.2) is 11.6 Å². The van der Waals surface area contributed by atoms with Gasteiger partial charge in [-0.25, -0.2) is 9.97 Å². The van der Waals surface area contributed by atoms with Gasteiger partial charge in [-0.1, -0.05) is 0 Å². The summed E-state index contributed by atoms with van der Waals surface area (Å²) in [5.41, 5.74) is 6.29. The van der Waals surface area contributed by atoms with Crippen molar-refractivity contribution in [1.82, 2.24) is 19.7 Å². The molecule has 2 N–H and O–H groups in total. The molecule has 1 atom stereocenters. The molecule has 0 aliphatic carbocycles. The van der Waals surface area contributed by atoms with E-state index in [4.69, 9.17) is 11.0 Å². The first-order valence-electron chi connectivity index (χ1n) is 4.86. The monoisotopic (exact) mass is 292 g/mol. The highest BCUT2D eigenvalue weighted by Crippen LogP contribution is 2.15. The Hall–Kier alpha value is -1.78. The highest BCUT2D eigenvalue weighted by atomic mass is 79.9. The molecule has 2 heterocycles. The first-order valence-corrected chi connectivity index (χ1v) is 5.65. The summed E-state index contributed by atoms with van der Waals surface area (Å²) in [7, 11) is 0. The number of nitrogens with zero attached hydrogens (tertiary/aromatic N) is 5. The van der Waals surface area contributed by atoms with E-state index >= 15 is 0 Å². The van der Waals surface area contributed by atoms with Gasteiger partial charge in [0, 0.05) is 6.20 Å². The summed E-state index contributed by atoms with van der Waals surface area (Å²) in [6.45, 7) is 1.82. The van der Waals surface area contributed by atoms with E-state index in [2.05, 4.69) is 31.0 Å². The van der Waals surface area contributed by atoms with Gasteiger partial charge in [-0.3, -0.25) is 0 Å². The van der Waals surface area contributed by atoms with Crippen molar-refractivity contribution in [3.63, 3.8) is 0 Å². The Morgan fingerprint density at radius 3 is 2.82 bits per heavy atom. The van der Waals surface area contributed by atoms with Crippen molar-refractivity contribution >= 4 is 15.9 Å². The second-order valence-electron chi connectivity index (χ2n) is 3.46. The topological polar surface area (TPSA) is 93.4 Å². The Balaban J connectivity index is 2.49. The van der Waals surface area contributed by atoms with E-state index in [0.717, 1.165) is 0 Å². The second kappa shape index (κ2) is 4.61. The average Bonchev–Trinajstić information content (AvgIpc) is 2.72. The van der Waals surface area contributed by atoms with Crippen LogP contribution < -0.4 is 5.73 Å². The predicted octanol–water partition coefficient (Wildman–Crippen LogP) is 1.32. The predicted molar refractivity (Wildman–Crippen MR) is 64.2 cm³/mol. The van der Waals surface area contributed by atoms with E-state index in [1.807, 2.05) is 13.0 Å². The van der Waals surface area contributed by atoms with E-state index in [1.54, 1.807) is 16.8 Å². The van der Waals surface area contributed by atoms with Crippen LogP contribution in [-0.2, 0) is 0 Å². The lowest BCUT2D eigenvalue weighted by atomic mass is 10.3. The van der Waals surface area contributed by atoms with Crippen LogP contribution in [0.1, 0.15) is 24.4 Å². The molecule has 0 saturated heterocycles. The minimum atomic E-state index is -0.258. The Morgan fingerprint density at radius 1 is 1.53 bits per heavy atom. The molecule has 2 rings (SSSR count). The first-order chi connectivity index (χ1) is 8.11. The van der Waals surface area contributed by atoms with E-state index < -0.39 is 0 Å². The molecule has 0 bridgehead atoms. The number of halogens is 1. The van der Waals surface area contributed by atoms with Gasteiger partial charge in [0.25, 0.3) is 0 Å². The van der Waals surface area contributed by atoms with Crippen molar-refractivity contribution in [2.24, 2.45) is 5.73 Å². The zero-order chi connectivity index (χ0) is 12.4. The molecule has 0 spiro atoms. The van der Waals surface area contributed by atoms with E-state index in [9.17, 15) is 0 Å². The molecule has 7 heteroatoms. The molecule has 2 aromatic heterocycles. The minimum Gasteiger partial charge on any atom is -0.322 e. The summed E-state index contributed by atoms with van der Waals surface area (Å²) < 4.78 is 2.01. The molecule has 0 amide bonds. The third-order valence-corrected chi connectivity index (χ3v) is 2.44. The molecule has 0 aliphatic heterocycles. The van der Waals surface area contributed by atoms with Crippen molar-refractivity contribution in [3.05, 3.63) is 34.5 Å². The molecule has 0 fully saturated rings. The fourth-order valence-electron chi connectivity index (χ4n) is 1.34. The number of rotatable bonds is 2. The van der Waals surface area contributed by atoms with E-state index in [-0.39, 0.29) is 6.04 Å². The molecule has 0 unspecified atom stereocenters. The number of aromatic nitrogens is 4. The molecular formula is C10H9BrN6. The van der Waals surface area contributed by atoms with Crippen LogP contribution in [0.3, 0.4) is 0 Å². The molecule has 2 aromatic rings. The van der Waals surface area contributed by atoms with Crippen molar-refractivity contribution in [3.8, 4) is 11.9 Å². The number of pyridine rings is 1. The second-order valence-corrected chi connectivity index (χ2v) is 4.17. The molecule has 86 valence electrons. The number of hydrogen-bond acceptors (Lipinski definition) is 5. The smallest absolute Gasteiger partial charge is 0.218 e. The fraction of sp³-hybridized carbons (Fsp3) is 0.200. The third kappa shape index (κ3) is 2.33. The van der Waals surface area contributed by atoms with Gasteiger partial charge in [0.1, 0.15) is 6.07 Å². The molecule has 17 heavy (non-hydrogen) atoms. The van der Waals surface area contributed by atoms with Crippen molar-refractivity contribution in [2.75, 3.05) is 0 Å². The van der Waals surface area contributed by atoms with E-state index in [0.29, 0.717) is 21.9 Å². The number of nitriles is 1. The van der Waals surface area contributed by atoms with Gasteiger partial charge in [0.05, 0.1) is 11.6 Å². The Bertz CT molecular complexity index is 565. The van der Waals surface area contributed by atoms with Gasteiger partial charge >= 0.3 is 0 Å². The minimum absolute atomic E-state index is 0.258. The zero-order valence-electron chi connectivity index (χ0n) is 9.00. The van der Waals surface area contributed by atoms with Crippen LogP contribution in [0.15, 0.2) is 23.1 Å². The largest absolute Gasteiger partial charge is 0.322 e. The van der Waals surface area contributed by atoms with Gasteiger partial charge in [-0.15, -0.1) is 5.10 Å². The lowest BCUT2D eigenvalue weighted by molar-refractivity contribution is 0.681. The standard InChI is InChI=1S/C10H9BrN6/c1-6(13)9-15-10(11)16-17(9)8-3-2-7(4-12)5-14-8/h2-3,5-6H,13H2,1H3/t6-/m1/s1. The molecule has 0 saturated carbocycles. The van der Waals surface area contributed by atoms with Crippen LogP contribution in [-0.4, -0.2) is 19.7 Å². The summed E-state index contributed by atoms with van der Waals surface area (Å²) in [5.74, 6) is 1.18. The quantitative estimate of drug-likeness (QED) is 0.901. The number of hydrogen-bond donors (Lipinski definition) is 1. The summed E-state index contributed by atoms with van der Waals surface area (Å²) in [6.07, 6.45) is 1.48. The molecule has 0 aliphatic rings. The van der Waals surface area contributed by atoms with Crippen LogP contribution in [0.25, 0.3) is 5.82 Å². The van der Waals surface area contributed by atoms with Gasteiger partial charge in [0.2, 0.25) is 4.73 Å². The van der Waals surface area contributed by atoms with Crippen LogP contribution >= 0.6 is 15.9 Å². The third-order valence-electron chi connectivity index (χ3n) is 2.11. The Kier molecular flexibility index (Phi) is 3.17. The summed E-state index contributed by atoms with van der Waals surface area (Å²) in [6, 6.07) is 5.12. The Morgan fingerprint density at radius 2 is 2.29 bits per heavy atom. The Labute approximate surface area is 106 Å².